The van der Waals surface area contributed by atoms with Gasteiger partial charge >= 0.3 is 0 Å². The van der Waals surface area contributed by atoms with Crippen LogP contribution in [0.4, 0.5) is 0 Å². The molecule has 0 aliphatic heterocycles. The number of carbonyl (C=O) groups excluding carboxylic acids is 1. The number of nitrogens with zero attached hydrogens (tertiary/aromatic N) is 1. The predicted molar refractivity (Wildman–Crippen MR) is 107 cm³/mol. The highest BCUT2D eigenvalue weighted by Gasteiger charge is 2.24. The van der Waals surface area contributed by atoms with Gasteiger partial charge in [0.05, 0.1) is 5.56 Å². The zero-order chi connectivity index (χ0) is 18.7. The fourth-order valence-electron chi connectivity index (χ4n) is 3.55. The molecule has 0 atom stereocenters. The monoisotopic (exact) mass is 368 g/mol. The summed E-state index contributed by atoms with van der Waals surface area (Å²) in [6.07, 6.45) is 2.73. The summed E-state index contributed by atoms with van der Waals surface area (Å²) in [6, 6.07) is 11.2. The Labute approximate surface area is 157 Å². The number of aromatic nitrogens is 1. The largest absolute Gasteiger partial charge is 0.508 e. The normalized spacial score (nSPS) is 11.0. The number of hydrogen-bond donors (Lipinski definition) is 2. The Kier molecular flexibility index (Phi) is 5.47. The number of phenolic OH excluding ortho intramolecular Hbond substituents is 1. The van der Waals surface area contributed by atoms with Crippen molar-refractivity contribution in [2.45, 2.75) is 39.7 Å². The van der Waals surface area contributed by atoms with E-state index in [1.165, 1.54) is 4.88 Å². The van der Waals surface area contributed by atoms with Crippen LogP contribution in [0.25, 0.3) is 11.1 Å². The van der Waals surface area contributed by atoms with Gasteiger partial charge in [0.2, 0.25) is 0 Å². The average molecular weight is 369 g/mol. The summed E-state index contributed by atoms with van der Waals surface area (Å²) in [7, 11) is 0. The SMILES string of the molecule is CCCc1c(-c2cccc(O)c2)c(C(N)=O)c(C)n1CCc1cccs1. The van der Waals surface area contributed by atoms with Crippen molar-refractivity contribution in [1.29, 1.82) is 0 Å². The van der Waals surface area contributed by atoms with E-state index < -0.39 is 5.91 Å². The summed E-state index contributed by atoms with van der Waals surface area (Å²) < 4.78 is 2.22. The van der Waals surface area contributed by atoms with Crippen LogP contribution in [0.2, 0.25) is 0 Å². The summed E-state index contributed by atoms with van der Waals surface area (Å²) in [5.74, 6) is -0.238. The van der Waals surface area contributed by atoms with Gasteiger partial charge in [-0.15, -0.1) is 11.3 Å². The Morgan fingerprint density at radius 1 is 1.23 bits per heavy atom. The number of primary amides is 1. The van der Waals surface area contributed by atoms with E-state index in [0.29, 0.717) is 5.56 Å². The number of hydrogen-bond acceptors (Lipinski definition) is 3. The molecule has 0 radical (unpaired) electrons. The number of carbonyl (C=O) groups is 1. The predicted octanol–water partition coefficient (Wildman–Crippen LogP) is 4.52. The minimum absolute atomic E-state index is 0.185. The molecule has 5 heteroatoms. The molecule has 4 nitrogen and oxygen atoms in total. The van der Waals surface area contributed by atoms with Crippen LogP contribution >= 0.6 is 11.3 Å². The molecule has 3 rings (SSSR count). The number of rotatable bonds is 7. The fraction of sp³-hybridized carbons (Fsp3) is 0.286. The first-order valence-corrected chi connectivity index (χ1v) is 9.74. The summed E-state index contributed by atoms with van der Waals surface area (Å²) in [4.78, 5) is 13.6. The van der Waals surface area contributed by atoms with E-state index in [1.54, 1.807) is 29.5 Å². The van der Waals surface area contributed by atoms with Crippen molar-refractivity contribution in [3.8, 4) is 16.9 Å². The van der Waals surface area contributed by atoms with Crippen LogP contribution < -0.4 is 5.73 Å². The van der Waals surface area contributed by atoms with E-state index in [0.717, 1.165) is 48.3 Å². The van der Waals surface area contributed by atoms with Gasteiger partial charge in [0.1, 0.15) is 5.75 Å². The Morgan fingerprint density at radius 2 is 2.04 bits per heavy atom. The Balaban J connectivity index is 2.14. The quantitative estimate of drug-likeness (QED) is 0.643. The maximum atomic E-state index is 12.3. The van der Waals surface area contributed by atoms with Crippen molar-refractivity contribution in [3.63, 3.8) is 0 Å². The van der Waals surface area contributed by atoms with Gasteiger partial charge in [0.25, 0.3) is 5.91 Å². The van der Waals surface area contributed by atoms with Crippen LogP contribution in [-0.4, -0.2) is 15.6 Å². The second kappa shape index (κ2) is 7.79. The van der Waals surface area contributed by atoms with Crippen molar-refractivity contribution in [2.24, 2.45) is 5.73 Å². The molecule has 136 valence electrons. The highest BCUT2D eigenvalue weighted by molar-refractivity contribution is 7.09. The maximum absolute atomic E-state index is 12.3. The molecule has 0 aliphatic rings. The molecule has 0 bridgehead atoms. The molecule has 0 fully saturated rings. The van der Waals surface area contributed by atoms with Gasteiger partial charge in [-0.25, -0.2) is 0 Å². The second-order valence-electron chi connectivity index (χ2n) is 6.43. The van der Waals surface area contributed by atoms with Gasteiger partial charge in [-0.2, -0.15) is 0 Å². The number of nitrogens with two attached hydrogens (primary N) is 1. The fourth-order valence-corrected chi connectivity index (χ4v) is 4.25. The van der Waals surface area contributed by atoms with Gasteiger partial charge in [-0.1, -0.05) is 31.5 Å². The third-order valence-corrected chi connectivity index (χ3v) is 5.60. The Hall–Kier alpha value is -2.53. The number of benzene rings is 1. The molecule has 0 saturated heterocycles. The zero-order valence-corrected chi connectivity index (χ0v) is 16.0. The molecular formula is C21H24N2O2S. The summed E-state index contributed by atoms with van der Waals surface area (Å²) in [6.45, 7) is 4.89. The van der Waals surface area contributed by atoms with Gasteiger partial charge in [-0.3, -0.25) is 4.79 Å². The minimum atomic E-state index is -0.423. The number of thiophene rings is 1. The van der Waals surface area contributed by atoms with Crippen LogP contribution in [0.1, 0.15) is 40.0 Å². The Morgan fingerprint density at radius 3 is 2.65 bits per heavy atom. The molecule has 26 heavy (non-hydrogen) atoms. The molecule has 3 aromatic rings. The second-order valence-corrected chi connectivity index (χ2v) is 7.46. The molecule has 3 N–H and O–H groups in total. The number of aryl methyl sites for hydroxylation is 1. The van der Waals surface area contributed by atoms with Crippen LogP contribution in [0.5, 0.6) is 5.75 Å². The molecule has 0 unspecified atom stereocenters. The summed E-state index contributed by atoms with van der Waals surface area (Å²) in [5, 5.41) is 12.0. The molecule has 2 aromatic heterocycles. The highest BCUT2D eigenvalue weighted by Crippen LogP contribution is 2.35. The van der Waals surface area contributed by atoms with Gasteiger partial charge in [0.15, 0.2) is 0 Å². The van der Waals surface area contributed by atoms with E-state index >= 15 is 0 Å². The van der Waals surface area contributed by atoms with Gasteiger partial charge in [-0.05, 0) is 48.9 Å². The van der Waals surface area contributed by atoms with E-state index in [4.69, 9.17) is 5.73 Å². The zero-order valence-electron chi connectivity index (χ0n) is 15.2. The first kappa shape index (κ1) is 18.3. The van der Waals surface area contributed by atoms with Crippen molar-refractivity contribution in [2.75, 3.05) is 0 Å². The van der Waals surface area contributed by atoms with Crippen molar-refractivity contribution >= 4 is 17.2 Å². The number of aromatic hydroxyl groups is 1. The Bertz CT molecular complexity index is 910. The first-order chi connectivity index (χ1) is 12.5. The molecule has 1 aromatic carbocycles. The summed E-state index contributed by atoms with van der Waals surface area (Å²) >= 11 is 1.74. The van der Waals surface area contributed by atoms with Crippen LogP contribution in [0.3, 0.4) is 0 Å². The molecule has 0 spiro atoms. The van der Waals surface area contributed by atoms with E-state index in [9.17, 15) is 9.90 Å². The molecular weight excluding hydrogens is 344 g/mol. The standard InChI is InChI=1S/C21H24N2O2S/c1-3-6-18-20(15-7-4-8-16(24)13-15)19(21(22)25)14(2)23(18)11-10-17-9-5-12-26-17/h4-5,7-9,12-13,24H,3,6,10-11H2,1-2H3,(H2,22,25). The van der Waals surface area contributed by atoms with Crippen LogP contribution in [0.15, 0.2) is 41.8 Å². The molecule has 0 aliphatic carbocycles. The highest BCUT2D eigenvalue weighted by atomic mass is 32.1. The van der Waals surface area contributed by atoms with E-state index in [-0.39, 0.29) is 5.75 Å². The smallest absolute Gasteiger partial charge is 0.251 e. The lowest BCUT2D eigenvalue weighted by atomic mass is 9.98. The van der Waals surface area contributed by atoms with Crippen molar-refractivity contribution in [1.82, 2.24) is 4.57 Å². The average Bonchev–Trinajstić information content (AvgIpc) is 3.20. The number of phenols is 1. The molecule has 1 amide bonds. The minimum Gasteiger partial charge on any atom is -0.508 e. The third-order valence-electron chi connectivity index (χ3n) is 4.66. The third kappa shape index (κ3) is 3.53. The van der Waals surface area contributed by atoms with Gasteiger partial charge < -0.3 is 15.4 Å². The van der Waals surface area contributed by atoms with E-state index in [1.807, 2.05) is 13.0 Å². The van der Waals surface area contributed by atoms with Crippen LogP contribution in [-0.2, 0) is 19.4 Å². The summed E-state index contributed by atoms with van der Waals surface area (Å²) in [5.41, 5.74) is 10.0. The maximum Gasteiger partial charge on any atom is 0.251 e. The van der Waals surface area contributed by atoms with Gasteiger partial charge in [0, 0.05) is 28.4 Å². The number of amides is 1. The lowest BCUT2D eigenvalue weighted by Gasteiger charge is -2.12. The topological polar surface area (TPSA) is 68.2 Å². The van der Waals surface area contributed by atoms with E-state index in [2.05, 4.69) is 29.0 Å². The first-order valence-electron chi connectivity index (χ1n) is 8.86. The molecule has 2 heterocycles. The van der Waals surface area contributed by atoms with Crippen LogP contribution in [0, 0.1) is 6.92 Å². The van der Waals surface area contributed by atoms with Crippen molar-refractivity contribution in [3.05, 3.63) is 63.6 Å². The lowest BCUT2D eigenvalue weighted by molar-refractivity contribution is 0.1000. The van der Waals surface area contributed by atoms with Crippen molar-refractivity contribution < 1.29 is 9.90 Å². The molecule has 0 saturated carbocycles. The lowest BCUT2D eigenvalue weighted by Crippen LogP contribution is -2.13.